The first-order valence-electron chi connectivity index (χ1n) is 4.43. The lowest BCUT2D eigenvalue weighted by molar-refractivity contribution is -0.135. The number of esters is 2. The second-order valence-corrected chi connectivity index (χ2v) is 2.13. The van der Waals surface area contributed by atoms with Crippen LogP contribution in [0.4, 0.5) is 0 Å². The molecule has 0 aromatic rings. The minimum atomic E-state index is -0.981. The molecular formula is C12H16O6. The summed E-state index contributed by atoms with van der Waals surface area (Å²) in [6.07, 6.45) is 4.06. The summed E-state index contributed by atoms with van der Waals surface area (Å²) in [5.41, 5.74) is 0. The standard InChI is InChI=1S/C5H6O2.C4H6O2.C3H4O2/c1-3-5(6)7-4-2;1-3-6-4(2)5;1-2-3(4)5/h3-4H,1-2H2;3H,1H2,2H3;2H,1H2,(H,4,5). The Morgan fingerprint density at radius 3 is 1.39 bits per heavy atom. The van der Waals surface area contributed by atoms with Crippen LogP contribution < -0.4 is 0 Å². The van der Waals surface area contributed by atoms with Crippen molar-refractivity contribution in [1.29, 1.82) is 0 Å². The van der Waals surface area contributed by atoms with E-state index in [1.54, 1.807) is 0 Å². The average molecular weight is 256 g/mol. The van der Waals surface area contributed by atoms with Gasteiger partial charge >= 0.3 is 17.9 Å². The van der Waals surface area contributed by atoms with Crippen molar-refractivity contribution in [3.8, 4) is 0 Å². The highest BCUT2D eigenvalue weighted by molar-refractivity contribution is 5.81. The van der Waals surface area contributed by atoms with Crippen LogP contribution in [0.5, 0.6) is 0 Å². The summed E-state index contributed by atoms with van der Waals surface area (Å²) in [7, 11) is 0. The van der Waals surface area contributed by atoms with Crippen molar-refractivity contribution in [3.05, 3.63) is 51.0 Å². The molecule has 1 N–H and O–H groups in total. The summed E-state index contributed by atoms with van der Waals surface area (Å²) >= 11 is 0. The van der Waals surface area contributed by atoms with Crippen LogP contribution in [0.15, 0.2) is 51.0 Å². The van der Waals surface area contributed by atoms with Gasteiger partial charge in [0, 0.05) is 19.1 Å². The predicted molar refractivity (Wildman–Crippen MR) is 66.3 cm³/mol. The first-order valence-corrected chi connectivity index (χ1v) is 4.43. The number of ether oxygens (including phenoxy) is 2. The molecule has 0 heterocycles. The number of aliphatic carboxylic acids is 1. The number of carbonyl (C=O) groups is 3. The molecule has 0 amide bonds. The van der Waals surface area contributed by atoms with Gasteiger partial charge in [-0.05, 0) is 0 Å². The maximum Gasteiger partial charge on any atom is 0.334 e. The van der Waals surface area contributed by atoms with E-state index in [2.05, 4.69) is 35.8 Å². The monoisotopic (exact) mass is 256 g/mol. The van der Waals surface area contributed by atoms with Crippen molar-refractivity contribution in [1.82, 2.24) is 0 Å². The van der Waals surface area contributed by atoms with Gasteiger partial charge < -0.3 is 14.6 Å². The zero-order valence-corrected chi connectivity index (χ0v) is 10.1. The van der Waals surface area contributed by atoms with Crippen LogP contribution in [0.2, 0.25) is 0 Å². The number of hydrogen-bond acceptors (Lipinski definition) is 5. The lowest BCUT2D eigenvalue weighted by Crippen LogP contribution is -1.90. The van der Waals surface area contributed by atoms with E-state index in [-0.39, 0.29) is 5.97 Å². The van der Waals surface area contributed by atoms with Gasteiger partial charge in [-0.25, -0.2) is 9.59 Å². The van der Waals surface area contributed by atoms with Gasteiger partial charge in [-0.15, -0.1) is 0 Å². The van der Waals surface area contributed by atoms with Gasteiger partial charge in [-0.3, -0.25) is 4.79 Å². The van der Waals surface area contributed by atoms with E-state index in [1.165, 1.54) is 6.92 Å². The minimum absolute atomic E-state index is 0.329. The Bertz CT molecular complexity index is 317. The molecule has 0 radical (unpaired) electrons. The molecule has 0 bridgehead atoms. The number of carboxylic acid groups (broad SMARTS) is 1. The Morgan fingerprint density at radius 2 is 1.33 bits per heavy atom. The molecule has 0 unspecified atom stereocenters. The minimum Gasteiger partial charge on any atom is -0.478 e. The zero-order chi connectivity index (χ0) is 15.0. The van der Waals surface area contributed by atoms with E-state index in [9.17, 15) is 14.4 Å². The topological polar surface area (TPSA) is 89.9 Å². The molecule has 0 saturated heterocycles. The summed E-state index contributed by atoms with van der Waals surface area (Å²) in [6.45, 7) is 13.8. The highest BCUT2D eigenvalue weighted by Gasteiger charge is 1.84. The maximum atomic E-state index is 10.0. The normalized spacial score (nSPS) is 6.72. The fourth-order valence-electron chi connectivity index (χ4n) is 0.248. The second kappa shape index (κ2) is 16.8. The summed E-state index contributed by atoms with van der Waals surface area (Å²) in [4.78, 5) is 29.0. The maximum absolute atomic E-state index is 10.0. The van der Waals surface area contributed by atoms with Crippen molar-refractivity contribution in [2.75, 3.05) is 0 Å². The number of rotatable bonds is 4. The molecule has 0 fully saturated rings. The summed E-state index contributed by atoms with van der Waals surface area (Å²) < 4.78 is 8.36. The van der Waals surface area contributed by atoms with Crippen LogP contribution in [0.3, 0.4) is 0 Å². The van der Waals surface area contributed by atoms with Crippen LogP contribution in [-0.4, -0.2) is 23.0 Å². The molecule has 6 heteroatoms. The number of carbonyl (C=O) groups excluding carboxylic acids is 2. The molecule has 0 aromatic heterocycles. The molecule has 0 rings (SSSR count). The molecule has 0 saturated carbocycles. The van der Waals surface area contributed by atoms with Crippen molar-refractivity contribution in [2.24, 2.45) is 0 Å². The third kappa shape index (κ3) is 37.7. The van der Waals surface area contributed by atoms with Gasteiger partial charge in [-0.2, -0.15) is 0 Å². The Hall–Kier alpha value is -2.63. The van der Waals surface area contributed by atoms with Crippen LogP contribution in [0.25, 0.3) is 0 Å². The molecular weight excluding hydrogens is 240 g/mol. The van der Waals surface area contributed by atoms with Crippen molar-refractivity contribution in [2.45, 2.75) is 6.92 Å². The number of hydrogen-bond donors (Lipinski definition) is 1. The lowest BCUT2D eigenvalue weighted by atomic mass is 10.7. The molecule has 6 nitrogen and oxygen atoms in total. The molecule has 0 aliphatic rings. The third-order valence-corrected chi connectivity index (χ3v) is 0.790. The van der Waals surface area contributed by atoms with Crippen molar-refractivity contribution >= 4 is 17.9 Å². The van der Waals surface area contributed by atoms with E-state index >= 15 is 0 Å². The van der Waals surface area contributed by atoms with Gasteiger partial charge in [0.1, 0.15) is 0 Å². The van der Waals surface area contributed by atoms with E-state index in [1.807, 2.05) is 0 Å². The number of carboxylic acids is 1. The van der Waals surface area contributed by atoms with Gasteiger partial charge in [0.25, 0.3) is 0 Å². The zero-order valence-electron chi connectivity index (χ0n) is 10.1. The Labute approximate surface area is 106 Å². The Morgan fingerprint density at radius 1 is 0.944 bits per heavy atom. The van der Waals surface area contributed by atoms with Gasteiger partial charge in [-0.1, -0.05) is 26.3 Å². The summed E-state index contributed by atoms with van der Waals surface area (Å²) in [5.74, 6) is -1.79. The predicted octanol–water partition coefficient (Wildman–Crippen LogP) is 1.81. The van der Waals surface area contributed by atoms with Gasteiger partial charge in [0.2, 0.25) is 0 Å². The third-order valence-electron chi connectivity index (χ3n) is 0.790. The fourth-order valence-corrected chi connectivity index (χ4v) is 0.248. The Kier molecular flexibility index (Phi) is 19.3. The summed E-state index contributed by atoms with van der Waals surface area (Å²) in [5, 5.41) is 7.60. The molecule has 18 heavy (non-hydrogen) atoms. The van der Waals surface area contributed by atoms with Crippen molar-refractivity contribution in [3.63, 3.8) is 0 Å². The molecule has 0 aromatic carbocycles. The molecule has 0 atom stereocenters. The first-order chi connectivity index (χ1) is 8.35. The van der Waals surface area contributed by atoms with Crippen LogP contribution >= 0.6 is 0 Å². The molecule has 0 spiro atoms. The largest absolute Gasteiger partial charge is 0.478 e. The summed E-state index contributed by atoms with van der Waals surface area (Å²) in [6, 6.07) is 0. The van der Waals surface area contributed by atoms with Crippen molar-refractivity contribution < 1.29 is 29.0 Å². The van der Waals surface area contributed by atoms with Crippen LogP contribution in [-0.2, 0) is 23.9 Å². The average Bonchev–Trinajstić information content (AvgIpc) is 2.30. The lowest BCUT2D eigenvalue weighted by Gasteiger charge is -1.85. The van der Waals surface area contributed by atoms with Gasteiger partial charge in [0.15, 0.2) is 0 Å². The van der Waals surface area contributed by atoms with E-state index in [0.29, 0.717) is 0 Å². The van der Waals surface area contributed by atoms with Crippen LogP contribution in [0.1, 0.15) is 6.92 Å². The van der Waals surface area contributed by atoms with E-state index < -0.39 is 11.9 Å². The smallest absolute Gasteiger partial charge is 0.334 e. The Balaban J connectivity index is -0.000000190. The van der Waals surface area contributed by atoms with Gasteiger partial charge in [0.05, 0.1) is 12.5 Å². The quantitative estimate of drug-likeness (QED) is 0.468. The first kappa shape index (κ1) is 20.7. The molecule has 0 aliphatic carbocycles. The van der Waals surface area contributed by atoms with E-state index in [4.69, 9.17) is 5.11 Å². The highest BCUT2D eigenvalue weighted by atomic mass is 16.5. The SMILES string of the molecule is C=CC(=O)O.C=COC(=O)C=C.C=COC(C)=O. The van der Waals surface area contributed by atoms with E-state index in [0.717, 1.165) is 24.7 Å². The molecule has 100 valence electrons. The highest BCUT2D eigenvalue weighted by Crippen LogP contribution is 1.75. The second-order valence-electron chi connectivity index (χ2n) is 2.13. The fraction of sp³-hybridized carbons (Fsp3) is 0.0833. The van der Waals surface area contributed by atoms with Crippen LogP contribution in [0, 0.1) is 0 Å². The molecule has 0 aliphatic heterocycles.